The molecule has 1 aromatic heterocycles. The quantitative estimate of drug-likeness (QED) is 0.763. The molecule has 8 heteroatoms. The molecule has 0 bridgehead atoms. The molecule has 0 aliphatic carbocycles. The highest BCUT2D eigenvalue weighted by Crippen LogP contribution is 2.22. The van der Waals surface area contributed by atoms with E-state index in [-0.39, 0.29) is 10.7 Å². The Balaban J connectivity index is 2.26. The van der Waals surface area contributed by atoms with Crippen molar-refractivity contribution >= 4 is 21.5 Å². The van der Waals surface area contributed by atoms with Crippen LogP contribution in [0.4, 0.5) is 11.5 Å². The van der Waals surface area contributed by atoms with E-state index in [4.69, 9.17) is 10.5 Å². The summed E-state index contributed by atoms with van der Waals surface area (Å²) in [6.07, 6.45) is 1.16. The van der Waals surface area contributed by atoms with Gasteiger partial charge in [-0.25, -0.2) is 8.42 Å². The molecule has 7 nitrogen and oxygen atoms in total. The number of nitrogens with zero attached hydrogens (tertiary/aromatic N) is 1. The second kappa shape index (κ2) is 5.19. The van der Waals surface area contributed by atoms with Crippen molar-refractivity contribution < 1.29 is 13.2 Å². The van der Waals surface area contributed by atoms with Crippen molar-refractivity contribution in [1.82, 2.24) is 10.2 Å². The van der Waals surface area contributed by atoms with Crippen LogP contribution in [0.5, 0.6) is 5.75 Å². The second-order valence-electron chi connectivity index (χ2n) is 3.71. The fraction of sp³-hybridized carbons (Fsp3) is 0.182. The minimum Gasteiger partial charge on any atom is -0.494 e. The molecule has 2 aromatic rings. The van der Waals surface area contributed by atoms with Gasteiger partial charge in [-0.15, -0.1) is 0 Å². The molecule has 0 amide bonds. The Labute approximate surface area is 110 Å². The number of nitrogen functional groups attached to an aromatic ring is 1. The maximum atomic E-state index is 12.1. The maximum absolute atomic E-state index is 12.1. The topological polar surface area (TPSA) is 110 Å². The molecule has 4 N–H and O–H groups in total. The van der Waals surface area contributed by atoms with E-state index >= 15 is 0 Å². The highest BCUT2D eigenvalue weighted by Gasteiger charge is 2.19. The van der Waals surface area contributed by atoms with E-state index < -0.39 is 10.0 Å². The molecule has 0 fully saturated rings. The molecule has 0 radical (unpaired) electrons. The smallest absolute Gasteiger partial charge is 0.267 e. The van der Waals surface area contributed by atoms with Gasteiger partial charge in [0.05, 0.1) is 18.5 Å². The zero-order chi connectivity index (χ0) is 13.9. The molecule has 1 heterocycles. The molecule has 0 aliphatic rings. The second-order valence-corrected chi connectivity index (χ2v) is 5.37. The number of hydrogen-bond acceptors (Lipinski definition) is 5. The van der Waals surface area contributed by atoms with Crippen molar-refractivity contribution in [3.8, 4) is 5.75 Å². The molecule has 0 atom stereocenters. The molecule has 0 aliphatic heterocycles. The predicted molar refractivity (Wildman–Crippen MR) is 71.4 cm³/mol. The zero-order valence-electron chi connectivity index (χ0n) is 10.3. The fourth-order valence-electron chi connectivity index (χ4n) is 1.53. The van der Waals surface area contributed by atoms with Crippen molar-refractivity contribution in [3.63, 3.8) is 0 Å². The van der Waals surface area contributed by atoms with Crippen LogP contribution in [0.15, 0.2) is 35.4 Å². The van der Waals surface area contributed by atoms with Crippen LogP contribution >= 0.6 is 0 Å². The van der Waals surface area contributed by atoms with E-state index in [0.29, 0.717) is 18.0 Å². The van der Waals surface area contributed by atoms with Gasteiger partial charge >= 0.3 is 0 Å². The van der Waals surface area contributed by atoms with Crippen molar-refractivity contribution in [2.75, 3.05) is 17.1 Å². The maximum Gasteiger partial charge on any atom is 0.267 e. The summed E-state index contributed by atoms with van der Waals surface area (Å²) in [7, 11) is -3.76. The Morgan fingerprint density at radius 2 is 2.26 bits per heavy atom. The monoisotopic (exact) mass is 282 g/mol. The highest BCUT2D eigenvalue weighted by atomic mass is 32.2. The van der Waals surface area contributed by atoms with Crippen LogP contribution < -0.4 is 15.2 Å². The first-order valence-corrected chi connectivity index (χ1v) is 7.06. The Hall–Kier alpha value is -2.22. The molecule has 0 saturated carbocycles. The van der Waals surface area contributed by atoms with E-state index in [2.05, 4.69) is 14.9 Å². The number of nitrogens with one attached hydrogen (secondary N) is 2. The van der Waals surface area contributed by atoms with E-state index in [1.165, 1.54) is 0 Å². The average Bonchev–Trinajstić information content (AvgIpc) is 2.76. The molecular formula is C11H14N4O3S. The van der Waals surface area contributed by atoms with Gasteiger partial charge in [0, 0.05) is 6.07 Å². The van der Waals surface area contributed by atoms with Gasteiger partial charge in [0.15, 0.2) is 0 Å². The third-order valence-corrected chi connectivity index (χ3v) is 3.73. The number of anilines is 2. The van der Waals surface area contributed by atoms with Crippen molar-refractivity contribution in [1.29, 1.82) is 0 Å². The largest absolute Gasteiger partial charge is 0.494 e. The summed E-state index contributed by atoms with van der Waals surface area (Å²) in [4.78, 5) is -0.0886. The molecule has 0 spiro atoms. The van der Waals surface area contributed by atoms with Gasteiger partial charge in [-0.05, 0) is 19.1 Å². The minimum atomic E-state index is -3.76. The first-order valence-electron chi connectivity index (χ1n) is 5.57. The van der Waals surface area contributed by atoms with Crippen LogP contribution in [-0.2, 0) is 10.0 Å². The fourth-order valence-corrected chi connectivity index (χ4v) is 2.60. The Kier molecular flexibility index (Phi) is 3.61. The zero-order valence-corrected chi connectivity index (χ0v) is 11.1. The number of sulfonamides is 1. The van der Waals surface area contributed by atoms with Gasteiger partial charge < -0.3 is 10.5 Å². The Morgan fingerprint density at radius 3 is 2.89 bits per heavy atom. The Bertz CT molecular complexity index is 666. The summed E-state index contributed by atoms with van der Waals surface area (Å²) >= 11 is 0. The summed E-state index contributed by atoms with van der Waals surface area (Å²) in [6, 6.07) is 6.66. The van der Waals surface area contributed by atoms with Crippen molar-refractivity contribution in [3.05, 3.63) is 30.5 Å². The van der Waals surface area contributed by atoms with Gasteiger partial charge in [0.25, 0.3) is 10.0 Å². The SMILES string of the molecule is CCOc1cccc(NS(=O)(=O)c2cn[nH]c2N)c1. The third kappa shape index (κ3) is 2.97. The summed E-state index contributed by atoms with van der Waals surface area (Å²) < 4.78 is 31.8. The van der Waals surface area contributed by atoms with E-state index in [0.717, 1.165) is 6.20 Å². The highest BCUT2D eigenvalue weighted by molar-refractivity contribution is 7.92. The number of H-pyrrole nitrogens is 1. The van der Waals surface area contributed by atoms with Gasteiger partial charge in [-0.2, -0.15) is 5.10 Å². The number of rotatable bonds is 5. The van der Waals surface area contributed by atoms with Gasteiger partial charge in [-0.1, -0.05) is 6.07 Å². The summed E-state index contributed by atoms with van der Waals surface area (Å²) in [6.45, 7) is 2.36. The van der Waals surface area contributed by atoms with E-state index in [1.54, 1.807) is 24.3 Å². The van der Waals surface area contributed by atoms with Crippen LogP contribution in [-0.4, -0.2) is 25.2 Å². The number of aromatic amines is 1. The third-order valence-electron chi connectivity index (χ3n) is 2.32. The number of nitrogens with two attached hydrogens (primary N) is 1. The van der Waals surface area contributed by atoms with E-state index in [9.17, 15) is 8.42 Å². The first kappa shape index (κ1) is 13.2. The van der Waals surface area contributed by atoms with Crippen LogP contribution in [0.25, 0.3) is 0 Å². The van der Waals surface area contributed by atoms with Crippen LogP contribution in [0, 0.1) is 0 Å². The number of hydrogen-bond donors (Lipinski definition) is 3. The molecular weight excluding hydrogens is 268 g/mol. The molecule has 1 aromatic carbocycles. The standard InChI is InChI=1S/C11H14N4O3S/c1-2-18-9-5-3-4-8(6-9)15-19(16,17)10-7-13-14-11(10)12/h3-7,15H,2H2,1H3,(H3,12,13,14). The van der Waals surface area contributed by atoms with Crippen LogP contribution in [0.1, 0.15) is 6.92 Å². The molecule has 0 unspecified atom stereocenters. The lowest BCUT2D eigenvalue weighted by atomic mass is 10.3. The van der Waals surface area contributed by atoms with Gasteiger partial charge in [0.2, 0.25) is 0 Å². The van der Waals surface area contributed by atoms with E-state index in [1.807, 2.05) is 6.92 Å². The minimum absolute atomic E-state index is 0.00605. The predicted octanol–water partition coefficient (Wildman–Crippen LogP) is 1.19. The Morgan fingerprint density at radius 1 is 1.47 bits per heavy atom. The summed E-state index contributed by atoms with van der Waals surface area (Å²) in [5.74, 6) is 0.580. The molecule has 2 rings (SSSR count). The van der Waals surface area contributed by atoms with Crippen molar-refractivity contribution in [2.24, 2.45) is 0 Å². The summed E-state index contributed by atoms with van der Waals surface area (Å²) in [5, 5.41) is 5.96. The average molecular weight is 282 g/mol. The number of benzene rings is 1. The first-order chi connectivity index (χ1) is 9.03. The van der Waals surface area contributed by atoms with Crippen molar-refractivity contribution in [2.45, 2.75) is 11.8 Å². The molecule has 0 saturated heterocycles. The lowest BCUT2D eigenvalue weighted by Crippen LogP contribution is -2.13. The van der Waals surface area contributed by atoms with Gasteiger partial charge in [-0.3, -0.25) is 9.82 Å². The van der Waals surface area contributed by atoms with Crippen LogP contribution in [0.3, 0.4) is 0 Å². The van der Waals surface area contributed by atoms with Crippen LogP contribution in [0.2, 0.25) is 0 Å². The lowest BCUT2D eigenvalue weighted by molar-refractivity contribution is 0.340. The molecule has 102 valence electrons. The normalized spacial score (nSPS) is 11.2. The van der Waals surface area contributed by atoms with Gasteiger partial charge in [0.1, 0.15) is 16.5 Å². The lowest BCUT2D eigenvalue weighted by Gasteiger charge is -2.09. The molecule has 19 heavy (non-hydrogen) atoms. The number of aromatic nitrogens is 2. The summed E-state index contributed by atoms with van der Waals surface area (Å²) in [5.41, 5.74) is 5.89. The number of ether oxygens (including phenoxy) is 1.